The van der Waals surface area contributed by atoms with E-state index in [1.165, 1.54) is 47.1 Å². The molecule has 0 radical (unpaired) electrons. The lowest BCUT2D eigenvalue weighted by atomic mass is 10.1. The highest BCUT2D eigenvalue weighted by Crippen LogP contribution is 2.37. The Morgan fingerprint density at radius 2 is 1.85 bits per heavy atom. The van der Waals surface area contributed by atoms with Crippen molar-refractivity contribution in [2.75, 3.05) is 49.6 Å². The van der Waals surface area contributed by atoms with Crippen LogP contribution >= 0.6 is 11.8 Å². The van der Waals surface area contributed by atoms with Gasteiger partial charge in [0.25, 0.3) is 11.5 Å². The minimum Gasteiger partial charge on any atom is -0.505 e. The normalized spacial score (nSPS) is 15.5. The predicted molar refractivity (Wildman–Crippen MR) is 171 cm³/mol. The molecule has 1 fully saturated rings. The summed E-state index contributed by atoms with van der Waals surface area (Å²) in [5.74, 6) is -0.634. The maximum Gasteiger partial charge on any atom is 0.446 e. The number of hydrogen-bond donors (Lipinski definition) is 2. The second-order valence-electron chi connectivity index (χ2n) is 11.0. The van der Waals surface area contributed by atoms with Gasteiger partial charge in [0.1, 0.15) is 18.0 Å². The molecule has 0 bridgehead atoms. The zero-order valence-corrected chi connectivity index (χ0v) is 26.6. The number of nitrogens with one attached hydrogen (secondary N) is 1. The predicted octanol–water partition coefficient (Wildman–Crippen LogP) is 3.57. The number of halogens is 3. The molecule has 2 aliphatic rings. The lowest BCUT2D eigenvalue weighted by molar-refractivity contribution is -0.116. The van der Waals surface area contributed by atoms with E-state index in [9.17, 15) is 32.7 Å². The Bertz CT molecular complexity index is 1940. The summed E-state index contributed by atoms with van der Waals surface area (Å²) in [6.07, 6.45) is 4.16. The number of piperazine rings is 1. The number of nitrogens with zero attached hydrogens (tertiary/aromatic N) is 7. The van der Waals surface area contributed by atoms with Gasteiger partial charge >= 0.3 is 5.51 Å². The minimum absolute atomic E-state index is 0.0161. The van der Waals surface area contributed by atoms with Gasteiger partial charge in [-0.3, -0.25) is 14.4 Å². The summed E-state index contributed by atoms with van der Waals surface area (Å²) in [5, 5.41) is 17.4. The average Bonchev–Trinajstić information content (AvgIpc) is 3.53. The van der Waals surface area contributed by atoms with Crippen LogP contribution in [0.4, 0.5) is 24.5 Å². The molecule has 0 spiro atoms. The number of thioether (sulfide) groups is 1. The summed E-state index contributed by atoms with van der Waals surface area (Å²) in [7, 11) is 0. The zero-order chi connectivity index (χ0) is 34.0. The summed E-state index contributed by atoms with van der Waals surface area (Å²) in [6, 6.07) is 8.23. The fourth-order valence-electron chi connectivity index (χ4n) is 5.72. The van der Waals surface area contributed by atoms with E-state index in [4.69, 9.17) is 4.74 Å². The van der Waals surface area contributed by atoms with Crippen molar-refractivity contribution in [2.24, 2.45) is 0 Å². The molecule has 252 valence electrons. The number of fused-ring (bicyclic) bond motifs is 1. The molecule has 48 heavy (non-hydrogen) atoms. The van der Waals surface area contributed by atoms with E-state index in [0.29, 0.717) is 48.9 Å². The van der Waals surface area contributed by atoms with Gasteiger partial charge in [0, 0.05) is 43.0 Å². The van der Waals surface area contributed by atoms with Crippen LogP contribution in [0.5, 0.6) is 5.75 Å². The Morgan fingerprint density at radius 3 is 2.50 bits per heavy atom. The monoisotopic (exact) mass is 684 g/mol. The minimum atomic E-state index is -4.43. The molecule has 3 aromatic heterocycles. The number of pyridine rings is 1. The van der Waals surface area contributed by atoms with E-state index in [0.717, 1.165) is 5.57 Å². The lowest BCUT2D eigenvalue weighted by Gasteiger charge is -2.36. The Labute approximate surface area is 276 Å². The highest BCUT2D eigenvalue weighted by Gasteiger charge is 2.31. The first kappa shape index (κ1) is 33.0. The van der Waals surface area contributed by atoms with Crippen LogP contribution in [0.2, 0.25) is 0 Å². The van der Waals surface area contributed by atoms with Crippen LogP contribution in [0.1, 0.15) is 35.4 Å². The third kappa shape index (κ3) is 7.01. The lowest BCUT2D eigenvalue weighted by Crippen LogP contribution is -2.51. The van der Waals surface area contributed by atoms with Gasteiger partial charge in [-0.1, -0.05) is 13.0 Å². The van der Waals surface area contributed by atoms with Crippen molar-refractivity contribution in [1.29, 1.82) is 0 Å². The van der Waals surface area contributed by atoms with E-state index in [1.54, 1.807) is 9.47 Å². The molecule has 0 atom stereocenters. The molecule has 0 unspecified atom stereocenters. The zero-order valence-electron chi connectivity index (χ0n) is 25.7. The number of amides is 2. The first-order valence-electron chi connectivity index (χ1n) is 15.2. The van der Waals surface area contributed by atoms with Gasteiger partial charge in [-0.2, -0.15) is 22.7 Å². The van der Waals surface area contributed by atoms with Crippen LogP contribution in [-0.4, -0.2) is 90.9 Å². The summed E-state index contributed by atoms with van der Waals surface area (Å²) in [5.41, 5.74) is -2.96. The quantitative estimate of drug-likeness (QED) is 0.264. The molecule has 4 aromatic rings. The standard InChI is InChI=1S/C31H31F3N8O5S/c1-2-22-26(39-12-14-40(15-13-39)28(45)25-23(43)4-3-11-35-25)29(46)42-30(37-27(38-42)19-9-16-47-17-10-19)41(22)18-24(44)36-20-5-7-21(8-6-20)48-31(32,33)34/h3-9,11,43H,2,10,12-18H2,1H3,(H,36,44). The Hall–Kier alpha value is -4.90. The van der Waals surface area contributed by atoms with Gasteiger partial charge in [-0.05, 0) is 66.6 Å². The van der Waals surface area contributed by atoms with Crippen LogP contribution in [0.15, 0.2) is 58.4 Å². The maximum absolute atomic E-state index is 14.1. The van der Waals surface area contributed by atoms with Crippen molar-refractivity contribution in [3.8, 4) is 5.75 Å². The molecule has 2 N–H and O–H groups in total. The first-order chi connectivity index (χ1) is 23.0. The molecule has 13 nitrogen and oxygen atoms in total. The fourth-order valence-corrected chi connectivity index (χ4v) is 6.26. The van der Waals surface area contributed by atoms with Crippen LogP contribution in [0.3, 0.4) is 0 Å². The number of alkyl halides is 3. The third-order valence-electron chi connectivity index (χ3n) is 7.96. The van der Waals surface area contributed by atoms with Gasteiger partial charge in [0.2, 0.25) is 11.7 Å². The molecule has 0 saturated carbocycles. The third-order valence-corrected chi connectivity index (χ3v) is 8.70. The summed E-state index contributed by atoms with van der Waals surface area (Å²) >= 11 is -0.249. The topological polar surface area (TPSA) is 147 Å². The molecular formula is C31H31F3N8O5S. The van der Waals surface area contributed by atoms with Crippen LogP contribution < -0.4 is 15.8 Å². The van der Waals surface area contributed by atoms with Gasteiger partial charge in [0.15, 0.2) is 11.5 Å². The SMILES string of the molecule is CCc1c(N2CCN(C(=O)c3ncccc3O)CC2)c(=O)n2nc(C3=CCOCC3)nc2n1CC(=O)Nc1ccc(SC(F)(F)F)cc1. The molecule has 1 aromatic carbocycles. The van der Waals surface area contributed by atoms with Gasteiger partial charge < -0.3 is 29.5 Å². The molecule has 6 rings (SSSR count). The van der Waals surface area contributed by atoms with Crippen molar-refractivity contribution in [3.05, 3.63) is 76.2 Å². The van der Waals surface area contributed by atoms with Gasteiger partial charge in [-0.15, -0.1) is 5.10 Å². The summed E-state index contributed by atoms with van der Waals surface area (Å²) in [4.78, 5) is 52.7. The Morgan fingerprint density at radius 1 is 1.10 bits per heavy atom. The highest BCUT2D eigenvalue weighted by molar-refractivity contribution is 8.00. The van der Waals surface area contributed by atoms with Crippen LogP contribution in [0, 0.1) is 0 Å². The molecule has 2 amide bonds. The number of aromatic nitrogens is 5. The molecule has 1 saturated heterocycles. The molecule has 2 aliphatic heterocycles. The maximum atomic E-state index is 14.1. The average molecular weight is 685 g/mol. The summed E-state index contributed by atoms with van der Waals surface area (Å²) < 4.78 is 46.5. The Kier molecular flexibility index (Phi) is 9.41. The van der Waals surface area contributed by atoms with Gasteiger partial charge in [-0.25, -0.2) is 4.98 Å². The molecular weight excluding hydrogens is 653 g/mol. The number of benzene rings is 1. The van der Waals surface area contributed by atoms with E-state index >= 15 is 0 Å². The number of carbonyl (C=O) groups excluding carboxylic acids is 2. The van der Waals surface area contributed by atoms with E-state index < -0.39 is 22.9 Å². The van der Waals surface area contributed by atoms with E-state index in [-0.39, 0.29) is 66.6 Å². The van der Waals surface area contributed by atoms with Crippen LogP contribution in [0.25, 0.3) is 11.4 Å². The van der Waals surface area contributed by atoms with Crippen molar-refractivity contribution < 1.29 is 32.6 Å². The molecule has 0 aliphatic carbocycles. The van der Waals surface area contributed by atoms with Gasteiger partial charge in [0.05, 0.1) is 18.9 Å². The fraction of sp³-hybridized carbons (Fsp3) is 0.355. The van der Waals surface area contributed by atoms with Crippen molar-refractivity contribution >= 4 is 46.3 Å². The largest absolute Gasteiger partial charge is 0.505 e. The second kappa shape index (κ2) is 13.7. The highest BCUT2D eigenvalue weighted by atomic mass is 32.2. The first-order valence-corrected chi connectivity index (χ1v) is 16.0. The summed E-state index contributed by atoms with van der Waals surface area (Å²) in [6.45, 7) is 3.49. The number of aromatic hydroxyl groups is 1. The number of hydrogen-bond acceptors (Lipinski definition) is 10. The smallest absolute Gasteiger partial charge is 0.446 e. The van der Waals surface area contributed by atoms with Crippen molar-refractivity contribution in [1.82, 2.24) is 29.0 Å². The molecule has 17 heteroatoms. The van der Waals surface area contributed by atoms with Crippen molar-refractivity contribution in [3.63, 3.8) is 0 Å². The van der Waals surface area contributed by atoms with Crippen molar-refractivity contribution in [2.45, 2.75) is 36.7 Å². The van der Waals surface area contributed by atoms with Crippen LogP contribution in [-0.2, 0) is 22.5 Å². The number of carbonyl (C=O) groups is 2. The number of rotatable bonds is 8. The molecule has 5 heterocycles. The number of anilines is 2. The number of ether oxygens (including phenoxy) is 1. The van der Waals surface area contributed by atoms with E-state index in [2.05, 4.69) is 20.4 Å². The van der Waals surface area contributed by atoms with E-state index in [1.807, 2.05) is 17.9 Å². The second-order valence-corrected chi connectivity index (χ2v) is 12.2. The Balaban J connectivity index is 1.32.